The molecule has 0 radical (unpaired) electrons. The number of hydrogen-bond acceptors (Lipinski definition) is 8. The van der Waals surface area contributed by atoms with E-state index in [-0.39, 0.29) is 30.4 Å². The Morgan fingerprint density at radius 1 is 1.15 bits per heavy atom. The lowest BCUT2D eigenvalue weighted by molar-refractivity contribution is 0.0601. The number of sulfonamides is 1. The summed E-state index contributed by atoms with van der Waals surface area (Å²) in [4.78, 5) is 32.3. The molecule has 3 atom stereocenters. The summed E-state index contributed by atoms with van der Waals surface area (Å²) in [5.41, 5.74) is 6.82. The number of hydrogen-bond donors (Lipinski definition) is 4. The Balaban J connectivity index is 1.96. The molecule has 39 heavy (non-hydrogen) atoms. The Kier molecular flexibility index (Phi) is 10.9. The van der Waals surface area contributed by atoms with Crippen LogP contribution in [0, 0.1) is 5.92 Å². The van der Waals surface area contributed by atoms with Crippen LogP contribution < -0.4 is 11.1 Å². The van der Waals surface area contributed by atoms with Crippen LogP contribution in [0.2, 0.25) is 0 Å². The van der Waals surface area contributed by atoms with Crippen LogP contribution in [0.25, 0.3) is 0 Å². The van der Waals surface area contributed by atoms with E-state index in [9.17, 15) is 27.6 Å². The largest absolute Gasteiger partial charge is 0.469 e. The van der Waals surface area contributed by atoms with Crippen LogP contribution in [-0.2, 0) is 35.0 Å². The van der Waals surface area contributed by atoms with Gasteiger partial charge in [-0.2, -0.15) is 4.31 Å². The maximum Gasteiger partial charge on any atom is 0.469 e. The fraction of sp³-hybridized carbons (Fsp3) is 0.480. The van der Waals surface area contributed by atoms with E-state index in [2.05, 4.69) is 5.32 Å². The number of carbonyl (C=O) groups is 1. The van der Waals surface area contributed by atoms with E-state index >= 15 is 0 Å². The van der Waals surface area contributed by atoms with E-state index in [0.29, 0.717) is 18.7 Å². The number of nitrogens with two attached hydrogens (primary N) is 1. The third kappa shape index (κ3) is 9.87. The van der Waals surface area contributed by atoms with Gasteiger partial charge in [0.15, 0.2) is 0 Å². The maximum absolute atomic E-state index is 13.6. The quantitative estimate of drug-likeness (QED) is 0.202. The van der Waals surface area contributed by atoms with Crippen molar-refractivity contribution in [2.24, 2.45) is 5.92 Å². The number of alkyl carbamates (subject to hydrolysis) is 1. The van der Waals surface area contributed by atoms with Crippen LogP contribution in [0.5, 0.6) is 0 Å². The predicted molar refractivity (Wildman–Crippen MR) is 144 cm³/mol. The zero-order chi connectivity index (χ0) is 28.6. The number of phosphoric ester groups is 1. The second kappa shape index (κ2) is 13.7. The number of anilines is 1. The number of ether oxygens (including phenoxy) is 2. The maximum atomic E-state index is 13.6. The monoisotopic (exact) mass is 585 g/mol. The molecule has 12 nitrogen and oxygen atoms in total. The lowest BCUT2D eigenvalue weighted by atomic mass is 10.0. The number of benzene rings is 2. The zero-order valence-corrected chi connectivity index (χ0v) is 23.6. The van der Waals surface area contributed by atoms with E-state index in [1.807, 2.05) is 13.8 Å². The first-order valence-corrected chi connectivity index (χ1v) is 15.5. The summed E-state index contributed by atoms with van der Waals surface area (Å²) in [6.45, 7) is 3.87. The van der Waals surface area contributed by atoms with Gasteiger partial charge < -0.3 is 30.3 Å². The van der Waals surface area contributed by atoms with Crippen molar-refractivity contribution in [1.82, 2.24) is 9.62 Å². The molecule has 1 aliphatic rings. The number of nitrogens with one attached hydrogen (secondary N) is 1. The minimum Gasteiger partial charge on any atom is -0.444 e. The topological polar surface area (TPSA) is 178 Å². The summed E-state index contributed by atoms with van der Waals surface area (Å²) < 4.78 is 56.2. The van der Waals surface area contributed by atoms with Gasteiger partial charge in [-0.3, -0.25) is 4.52 Å². The molecule has 1 saturated heterocycles. The molecule has 1 fully saturated rings. The van der Waals surface area contributed by atoms with Gasteiger partial charge in [0.1, 0.15) is 12.2 Å². The summed E-state index contributed by atoms with van der Waals surface area (Å²) in [6.07, 6.45) is -2.14. The predicted octanol–water partition coefficient (Wildman–Crippen LogP) is 2.52. The fourth-order valence-corrected chi connectivity index (χ4v) is 6.35. The van der Waals surface area contributed by atoms with Gasteiger partial charge in [0.25, 0.3) is 0 Å². The smallest absolute Gasteiger partial charge is 0.444 e. The van der Waals surface area contributed by atoms with Gasteiger partial charge >= 0.3 is 13.9 Å². The number of nitrogen functional groups attached to an aromatic ring is 1. The Bertz CT molecular complexity index is 1220. The highest BCUT2D eigenvalue weighted by molar-refractivity contribution is 7.89. The molecule has 0 aliphatic carbocycles. The molecule has 14 heteroatoms. The summed E-state index contributed by atoms with van der Waals surface area (Å²) >= 11 is 0. The van der Waals surface area contributed by atoms with Crippen LogP contribution in [0.15, 0.2) is 59.5 Å². The Hall–Kier alpha value is -2.51. The summed E-state index contributed by atoms with van der Waals surface area (Å²) in [5.74, 6) is -0.142. The molecule has 216 valence electrons. The highest BCUT2D eigenvalue weighted by atomic mass is 32.2. The van der Waals surface area contributed by atoms with E-state index in [4.69, 9.17) is 19.7 Å². The van der Waals surface area contributed by atoms with Gasteiger partial charge in [-0.1, -0.05) is 44.2 Å². The van der Waals surface area contributed by atoms with Gasteiger partial charge in [-0.15, -0.1) is 0 Å². The average molecular weight is 586 g/mol. The lowest BCUT2D eigenvalue weighted by Crippen LogP contribution is -2.52. The van der Waals surface area contributed by atoms with E-state index in [0.717, 1.165) is 9.87 Å². The van der Waals surface area contributed by atoms with Crippen LogP contribution >= 0.6 is 7.82 Å². The second-order valence-electron chi connectivity index (χ2n) is 9.75. The van der Waals surface area contributed by atoms with Crippen molar-refractivity contribution in [2.45, 2.75) is 49.8 Å². The first kappa shape index (κ1) is 31.0. The normalized spacial score (nSPS) is 17.7. The van der Waals surface area contributed by atoms with Crippen molar-refractivity contribution in [2.75, 3.05) is 32.0 Å². The minimum atomic E-state index is -5.12. The van der Waals surface area contributed by atoms with Gasteiger partial charge in [0.2, 0.25) is 10.0 Å². The van der Waals surface area contributed by atoms with Crippen molar-refractivity contribution >= 4 is 29.6 Å². The van der Waals surface area contributed by atoms with Crippen molar-refractivity contribution in [3.05, 3.63) is 60.2 Å². The first-order valence-electron chi connectivity index (χ1n) is 12.5. The van der Waals surface area contributed by atoms with E-state index in [1.54, 1.807) is 30.3 Å². The number of nitrogens with zero attached hydrogens (tertiary/aromatic N) is 1. The second-order valence-corrected chi connectivity index (χ2v) is 12.9. The van der Waals surface area contributed by atoms with Crippen molar-refractivity contribution in [1.29, 1.82) is 0 Å². The Labute approximate surface area is 228 Å². The molecule has 0 bridgehead atoms. The van der Waals surface area contributed by atoms with Gasteiger partial charge in [0.05, 0.1) is 24.2 Å². The molecule has 1 aliphatic heterocycles. The first-order chi connectivity index (χ1) is 18.3. The van der Waals surface area contributed by atoms with E-state index in [1.165, 1.54) is 24.3 Å². The third-order valence-corrected chi connectivity index (χ3v) is 8.35. The average Bonchev–Trinajstić information content (AvgIpc) is 3.35. The minimum absolute atomic E-state index is 0.0235. The molecule has 5 N–H and O–H groups in total. The highest BCUT2D eigenvalue weighted by Crippen LogP contribution is 2.39. The highest BCUT2D eigenvalue weighted by Gasteiger charge is 2.37. The number of phosphoric acid groups is 1. The van der Waals surface area contributed by atoms with Crippen LogP contribution in [-0.4, -0.2) is 73.2 Å². The molecular weight excluding hydrogens is 549 g/mol. The lowest BCUT2D eigenvalue weighted by Gasteiger charge is -2.33. The van der Waals surface area contributed by atoms with E-state index < -0.39 is 48.7 Å². The number of carbonyl (C=O) groups excluding carboxylic acids is 1. The standard InChI is InChI=1S/C25H36N3O9PS/c1-18(2)15-28(39(33,34)22-10-8-20(26)9-11-22)16-24(37-38(30,31)32)23(14-19-6-4-3-5-7-19)27-25(29)36-21-12-13-35-17-21/h3-11,18,21,23-24H,12-17,26H2,1-2H3,(H,27,29)(H2,30,31,32)/t21-,23-,24+/m1/s1. The Morgan fingerprint density at radius 3 is 2.38 bits per heavy atom. The fourth-order valence-electron chi connectivity index (χ4n) is 4.16. The molecule has 0 unspecified atom stereocenters. The number of rotatable bonds is 13. The molecule has 2 aromatic rings. The van der Waals surface area contributed by atoms with Crippen LogP contribution in [0.1, 0.15) is 25.8 Å². The molecule has 1 heterocycles. The summed E-state index contributed by atoms with van der Waals surface area (Å²) in [6, 6.07) is 13.5. The summed E-state index contributed by atoms with van der Waals surface area (Å²) in [7, 11) is -9.26. The Morgan fingerprint density at radius 2 is 1.82 bits per heavy atom. The molecule has 1 amide bonds. The SMILES string of the molecule is CC(C)CN(C[C@H](OP(=O)(O)O)[C@@H](Cc1ccccc1)NC(=O)O[C@@H]1CCOC1)S(=O)(=O)c1ccc(N)cc1. The third-order valence-electron chi connectivity index (χ3n) is 5.96. The van der Waals surface area contributed by atoms with Gasteiger partial charge in [-0.05, 0) is 42.2 Å². The molecular formula is C25H36N3O9PS. The molecule has 3 rings (SSSR count). The van der Waals surface area contributed by atoms with Gasteiger partial charge in [-0.25, -0.2) is 17.8 Å². The molecule has 2 aromatic carbocycles. The molecule has 0 spiro atoms. The molecule has 0 saturated carbocycles. The van der Waals surface area contributed by atoms with Crippen molar-refractivity contribution in [3.63, 3.8) is 0 Å². The van der Waals surface area contributed by atoms with Crippen LogP contribution in [0.3, 0.4) is 0 Å². The van der Waals surface area contributed by atoms with Crippen molar-refractivity contribution in [3.8, 4) is 0 Å². The van der Waals surface area contributed by atoms with Crippen molar-refractivity contribution < 1.29 is 41.6 Å². The zero-order valence-electron chi connectivity index (χ0n) is 21.9. The van der Waals surface area contributed by atoms with Crippen LogP contribution in [0.4, 0.5) is 10.5 Å². The van der Waals surface area contributed by atoms with Gasteiger partial charge in [0, 0.05) is 25.2 Å². The molecule has 0 aromatic heterocycles. The summed E-state index contributed by atoms with van der Waals surface area (Å²) in [5, 5.41) is 2.65. The number of amides is 1.